The van der Waals surface area contributed by atoms with Crippen molar-refractivity contribution in [1.29, 1.82) is 0 Å². The van der Waals surface area contributed by atoms with Crippen LogP contribution in [0, 0.1) is 5.92 Å². The lowest BCUT2D eigenvalue weighted by molar-refractivity contribution is 0.0704. The summed E-state index contributed by atoms with van der Waals surface area (Å²) >= 11 is 0. The standard InChI is InChI=1S/C19H28N4O2/c24-19(23-8-5-16(6-9-23)21-14-15-3-4-15)17-2-1-7-20-18(17)22-10-12-25-13-11-22/h1-2,7,15-16,21H,3-6,8-14H2. The monoisotopic (exact) mass is 344 g/mol. The number of carbonyl (C=O) groups excluding carboxylic acids is 1. The van der Waals surface area contributed by atoms with E-state index in [1.165, 1.54) is 12.8 Å². The molecule has 25 heavy (non-hydrogen) atoms. The zero-order chi connectivity index (χ0) is 17.1. The Balaban J connectivity index is 1.37. The normalized spacial score (nSPS) is 22.2. The van der Waals surface area contributed by atoms with Gasteiger partial charge in [0, 0.05) is 38.4 Å². The Morgan fingerprint density at radius 1 is 1.16 bits per heavy atom. The van der Waals surface area contributed by atoms with Gasteiger partial charge in [-0.3, -0.25) is 4.79 Å². The van der Waals surface area contributed by atoms with E-state index in [2.05, 4.69) is 15.2 Å². The number of hydrogen-bond donors (Lipinski definition) is 1. The average Bonchev–Trinajstić information content (AvgIpc) is 3.51. The molecule has 1 N–H and O–H groups in total. The van der Waals surface area contributed by atoms with Gasteiger partial charge in [0.2, 0.25) is 0 Å². The SMILES string of the molecule is O=C(c1cccnc1N1CCOCC1)N1CCC(NCC2CC2)CC1. The first-order valence-corrected chi connectivity index (χ1v) is 9.61. The zero-order valence-electron chi connectivity index (χ0n) is 14.8. The molecule has 1 aromatic heterocycles. The molecule has 0 aromatic carbocycles. The Labute approximate surface area is 149 Å². The van der Waals surface area contributed by atoms with E-state index < -0.39 is 0 Å². The molecule has 0 spiro atoms. The zero-order valence-corrected chi connectivity index (χ0v) is 14.8. The lowest BCUT2D eigenvalue weighted by atomic mass is 10.0. The number of aromatic nitrogens is 1. The molecule has 4 rings (SSSR count). The molecule has 0 bridgehead atoms. The van der Waals surface area contributed by atoms with Gasteiger partial charge in [0.15, 0.2) is 0 Å². The van der Waals surface area contributed by atoms with Gasteiger partial charge in [0.05, 0.1) is 18.8 Å². The summed E-state index contributed by atoms with van der Waals surface area (Å²) in [5.41, 5.74) is 0.730. The summed E-state index contributed by atoms with van der Waals surface area (Å²) in [5.74, 6) is 1.84. The summed E-state index contributed by atoms with van der Waals surface area (Å²) in [6.07, 6.45) is 6.64. The molecular weight excluding hydrogens is 316 g/mol. The summed E-state index contributed by atoms with van der Waals surface area (Å²) < 4.78 is 5.42. The summed E-state index contributed by atoms with van der Waals surface area (Å²) in [4.78, 5) is 21.7. The van der Waals surface area contributed by atoms with Crippen LogP contribution < -0.4 is 10.2 Å². The molecule has 136 valence electrons. The van der Waals surface area contributed by atoms with E-state index >= 15 is 0 Å². The second-order valence-corrected chi connectivity index (χ2v) is 7.39. The number of carbonyl (C=O) groups is 1. The topological polar surface area (TPSA) is 57.7 Å². The fraction of sp³-hybridized carbons (Fsp3) is 0.684. The first kappa shape index (κ1) is 16.8. The molecule has 1 aromatic rings. The van der Waals surface area contributed by atoms with E-state index in [1.807, 2.05) is 17.0 Å². The Hall–Kier alpha value is -1.66. The molecule has 2 saturated heterocycles. The number of nitrogens with zero attached hydrogens (tertiary/aromatic N) is 3. The van der Waals surface area contributed by atoms with Crippen molar-refractivity contribution in [2.24, 2.45) is 5.92 Å². The Kier molecular flexibility index (Phi) is 5.17. The first-order chi connectivity index (χ1) is 12.3. The number of piperidine rings is 1. The fourth-order valence-electron chi connectivity index (χ4n) is 3.70. The lowest BCUT2D eigenvalue weighted by Crippen LogP contribution is -2.46. The number of morpholine rings is 1. The third kappa shape index (κ3) is 4.12. The van der Waals surface area contributed by atoms with Crippen LogP contribution in [0.3, 0.4) is 0 Å². The predicted octanol–water partition coefficient (Wildman–Crippen LogP) is 1.52. The van der Waals surface area contributed by atoms with Gasteiger partial charge in [0.1, 0.15) is 5.82 Å². The third-order valence-electron chi connectivity index (χ3n) is 5.50. The van der Waals surface area contributed by atoms with Crippen molar-refractivity contribution >= 4 is 11.7 Å². The average molecular weight is 344 g/mol. The van der Waals surface area contributed by atoms with Crippen molar-refractivity contribution < 1.29 is 9.53 Å². The van der Waals surface area contributed by atoms with E-state index in [1.54, 1.807) is 6.20 Å². The molecule has 1 amide bonds. The molecule has 6 heteroatoms. The van der Waals surface area contributed by atoms with Crippen molar-refractivity contribution in [2.45, 2.75) is 31.7 Å². The van der Waals surface area contributed by atoms with Crippen LogP contribution in [0.4, 0.5) is 5.82 Å². The van der Waals surface area contributed by atoms with Crippen LogP contribution in [0.25, 0.3) is 0 Å². The van der Waals surface area contributed by atoms with Crippen molar-refractivity contribution in [1.82, 2.24) is 15.2 Å². The van der Waals surface area contributed by atoms with Crippen LogP contribution in [0.2, 0.25) is 0 Å². The van der Waals surface area contributed by atoms with E-state index in [-0.39, 0.29) is 5.91 Å². The van der Waals surface area contributed by atoms with E-state index in [9.17, 15) is 4.79 Å². The highest BCUT2D eigenvalue weighted by Crippen LogP contribution is 2.28. The van der Waals surface area contributed by atoms with Gasteiger partial charge in [-0.1, -0.05) is 0 Å². The summed E-state index contributed by atoms with van der Waals surface area (Å²) in [6, 6.07) is 4.34. The number of pyridine rings is 1. The van der Waals surface area contributed by atoms with Crippen molar-refractivity contribution in [2.75, 3.05) is 50.8 Å². The maximum absolute atomic E-state index is 13.1. The van der Waals surface area contributed by atoms with Crippen molar-refractivity contribution in [3.05, 3.63) is 23.9 Å². The molecular formula is C19H28N4O2. The van der Waals surface area contributed by atoms with Crippen LogP contribution in [0.5, 0.6) is 0 Å². The van der Waals surface area contributed by atoms with Gasteiger partial charge in [-0.15, -0.1) is 0 Å². The molecule has 0 atom stereocenters. The molecule has 3 aliphatic rings. The highest BCUT2D eigenvalue weighted by molar-refractivity contribution is 5.99. The summed E-state index contributed by atoms with van der Waals surface area (Å²) in [6.45, 7) is 5.80. The van der Waals surface area contributed by atoms with Gasteiger partial charge < -0.3 is 19.9 Å². The quantitative estimate of drug-likeness (QED) is 0.878. The van der Waals surface area contributed by atoms with Crippen LogP contribution >= 0.6 is 0 Å². The van der Waals surface area contributed by atoms with E-state index in [0.717, 1.165) is 62.9 Å². The van der Waals surface area contributed by atoms with Crippen molar-refractivity contribution in [3.63, 3.8) is 0 Å². The second-order valence-electron chi connectivity index (χ2n) is 7.39. The van der Waals surface area contributed by atoms with Gasteiger partial charge in [-0.05, 0) is 50.3 Å². The Morgan fingerprint density at radius 3 is 2.64 bits per heavy atom. The Bertz CT molecular complexity index is 591. The van der Waals surface area contributed by atoms with Crippen LogP contribution in [0.15, 0.2) is 18.3 Å². The minimum atomic E-state index is 0.121. The van der Waals surface area contributed by atoms with Gasteiger partial charge in [0.25, 0.3) is 5.91 Å². The highest BCUT2D eigenvalue weighted by Gasteiger charge is 2.28. The van der Waals surface area contributed by atoms with Gasteiger partial charge in [-0.2, -0.15) is 0 Å². The minimum absolute atomic E-state index is 0.121. The summed E-state index contributed by atoms with van der Waals surface area (Å²) in [7, 11) is 0. The second kappa shape index (κ2) is 7.70. The molecule has 1 aliphatic carbocycles. The van der Waals surface area contributed by atoms with E-state index in [0.29, 0.717) is 19.3 Å². The lowest BCUT2D eigenvalue weighted by Gasteiger charge is -2.34. The number of amides is 1. The number of rotatable bonds is 5. The van der Waals surface area contributed by atoms with Gasteiger partial charge >= 0.3 is 0 Å². The van der Waals surface area contributed by atoms with Crippen molar-refractivity contribution in [3.8, 4) is 0 Å². The smallest absolute Gasteiger partial charge is 0.257 e. The number of hydrogen-bond acceptors (Lipinski definition) is 5. The van der Waals surface area contributed by atoms with Crippen LogP contribution in [-0.4, -0.2) is 67.8 Å². The molecule has 1 saturated carbocycles. The Morgan fingerprint density at radius 2 is 1.92 bits per heavy atom. The maximum atomic E-state index is 13.1. The largest absolute Gasteiger partial charge is 0.378 e. The number of anilines is 1. The molecule has 0 radical (unpaired) electrons. The number of nitrogens with one attached hydrogen (secondary N) is 1. The molecule has 2 aliphatic heterocycles. The number of ether oxygens (including phenoxy) is 1. The molecule has 0 unspecified atom stereocenters. The minimum Gasteiger partial charge on any atom is -0.378 e. The predicted molar refractivity (Wildman–Crippen MR) is 96.9 cm³/mol. The van der Waals surface area contributed by atoms with Gasteiger partial charge in [-0.25, -0.2) is 4.98 Å². The molecule has 3 fully saturated rings. The molecule has 3 heterocycles. The van der Waals surface area contributed by atoms with Crippen LogP contribution in [0.1, 0.15) is 36.0 Å². The maximum Gasteiger partial charge on any atom is 0.257 e. The molecule has 6 nitrogen and oxygen atoms in total. The van der Waals surface area contributed by atoms with E-state index in [4.69, 9.17) is 4.74 Å². The third-order valence-corrected chi connectivity index (χ3v) is 5.50. The van der Waals surface area contributed by atoms with Crippen LogP contribution in [-0.2, 0) is 4.74 Å². The number of likely N-dealkylation sites (tertiary alicyclic amines) is 1. The first-order valence-electron chi connectivity index (χ1n) is 9.61. The summed E-state index contributed by atoms with van der Waals surface area (Å²) in [5, 5.41) is 3.67. The fourth-order valence-corrected chi connectivity index (χ4v) is 3.70. The highest BCUT2D eigenvalue weighted by atomic mass is 16.5.